The van der Waals surface area contributed by atoms with Crippen LogP contribution < -0.4 is 0 Å². The Morgan fingerprint density at radius 1 is 1.19 bits per heavy atom. The van der Waals surface area contributed by atoms with Crippen molar-refractivity contribution < 1.29 is 17.6 Å². The third kappa shape index (κ3) is 2.70. The standard InChI is InChI=1S/C20H16BrF4N/c1-19-10-11(26-18-9-17(22)16(21)8-15(18)19)6-7-13(19)12-4-2-3-5-14(12)20(23,24)25/h2-5,8-9,13H,6-7,10H2,1H3/t13-,19?/m1/s1. The summed E-state index contributed by atoms with van der Waals surface area (Å²) in [5.41, 5.74) is 1.44. The van der Waals surface area contributed by atoms with Gasteiger partial charge in [0.15, 0.2) is 0 Å². The Kier molecular flexibility index (Phi) is 4.03. The lowest BCUT2D eigenvalue weighted by molar-refractivity contribution is -0.138. The van der Waals surface area contributed by atoms with Crippen molar-refractivity contribution in [3.05, 3.63) is 63.4 Å². The van der Waals surface area contributed by atoms with Gasteiger partial charge in [-0.25, -0.2) is 4.39 Å². The fourth-order valence-corrected chi connectivity index (χ4v) is 4.80. The number of halogens is 5. The molecule has 1 heterocycles. The highest BCUT2D eigenvalue weighted by Crippen LogP contribution is 2.55. The SMILES string of the molecule is CC12CC(=Nc3cc(F)c(Br)cc31)CC[C@@H]2c1ccccc1C(F)(F)F. The molecular weight excluding hydrogens is 410 g/mol. The third-order valence-electron chi connectivity index (χ3n) is 5.64. The second-order valence-electron chi connectivity index (χ2n) is 7.23. The highest BCUT2D eigenvalue weighted by molar-refractivity contribution is 9.10. The van der Waals surface area contributed by atoms with Gasteiger partial charge >= 0.3 is 6.18 Å². The molecule has 2 aromatic rings. The van der Waals surface area contributed by atoms with Crippen molar-refractivity contribution >= 4 is 27.3 Å². The Bertz CT molecular complexity index is 919. The first-order valence-electron chi connectivity index (χ1n) is 8.42. The maximum absolute atomic E-state index is 14.0. The number of aliphatic imine (C=N–C) groups is 1. The van der Waals surface area contributed by atoms with E-state index in [9.17, 15) is 17.6 Å². The van der Waals surface area contributed by atoms with E-state index >= 15 is 0 Å². The van der Waals surface area contributed by atoms with Gasteiger partial charge < -0.3 is 0 Å². The summed E-state index contributed by atoms with van der Waals surface area (Å²) in [4.78, 5) is 4.55. The summed E-state index contributed by atoms with van der Waals surface area (Å²) in [6, 6.07) is 8.85. The van der Waals surface area contributed by atoms with Crippen LogP contribution in [0.1, 0.15) is 48.8 Å². The summed E-state index contributed by atoms with van der Waals surface area (Å²) in [5.74, 6) is -0.723. The van der Waals surface area contributed by atoms with Crippen LogP contribution in [0.4, 0.5) is 23.2 Å². The average molecular weight is 426 g/mol. The Balaban J connectivity index is 1.91. The van der Waals surface area contributed by atoms with Crippen molar-refractivity contribution in [1.82, 2.24) is 0 Å². The first-order chi connectivity index (χ1) is 12.2. The van der Waals surface area contributed by atoms with Crippen molar-refractivity contribution in [2.24, 2.45) is 4.99 Å². The first-order valence-corrected chi connectivity index (χ1v) is 9.21. The molecule has 1 fully saturated rings. The van der Waals surface area contributed by atoms with Crippen LogP contribution in [-0.4, -0.2) is 5.71 Å². The molecule has 0 radical (unpaired) electrons. The molecule has 1 aliphatic carbocycles. The topological polar surface area (TPSA) is 12.4 Å². The molecule has 0 N–H and O–H groups in total. The molecule has 2 atom stereocenters. The van der Waals surface area contributed by atoms with E-state index in [2.05, 4.69) is 20.9 Å². The maximum Gasteiger partial charge on any atom is 0.416 e. The average Bonchev–Trinajstić information content (AvgIpc) is 2.56. The Morgan fingerprint density at radius 2 is 1.92 bits per heavy atom. The second-order valence-corrected chi connectivity index (χ2v) is 8.09. The highest BCUT2D eigenvalue weighted by atomic mass is 79.9. The third-order valence-corrected chi connectivity index (χ3v) is 6.24. The minimum Gasteiger partial charge on any atom is -0.257 e. The van der Waals surface area contributed by atoms with Gasteiger partial charge in [-0.15, -0.1) is 0 Å². The minimum atomic E-state index is -4.40. The van der Waals surface area contributed by atoms with Crippen LogP contribution in [0.2, 0.25) is 0 Å². The lowest BCUT2D eigenvalue weighted by Crippen LogP contribution is -2.40. The molecular formula is C20H16BrF4N. The molecule has 136 valence electrons. The summed E-state index contributed by atoms with van der Waals surface area (Å²) in [6.45, 7) is 1.97. The van der Waals surface area contributed by atoms with E-state index in [1.807, 2.05) is 6.92 Å². The van der Waals surface area contributed by atoms with Gasteiger partial charge in [0.05, 0.1) is 15.7 Å². The largest absolute Gasteiger partial charge is 0.416 e. The molecule has 26 heavy (non-hydrogen) atoms. The zero-order chi connectivity index (χ0) is 18.7. The van der Waals surface area contributed by atoms with E-state index in [0.717, 1.165) is 17.3 Å². The Hall–Kier alpha value is -1.69. The van der Waals surface area contributed by atoms with E-state index in [1.54, 1.807) is 18.2 Å². The van der Waals surface area contributed by atoms with Gasteiger partial charge in [-0.3, -0.25) is 4.99 Å². The Morgan fingerprint density at radius 3 is 2.65 bits per heavy atom. The number of benzene rings is 2. The molecule has 0 amide bonds. The summed E-state index contributed by atoms with van der Waals surface area (Å²) < 4.78 is 55.0. The van der Waals surface area contributed by atoms with E-state index < -0.39 is 23.0 Å². The number of fused-ring (bicyclic) bond motifs is 4. The summed E-state index contributed by atoms with van der Waals surface area (Å²) in [6.07, 6.45) is -2.59. The molecule has 1 unspecified atom stereocenters. The van der Waals surface area contributed by atoms with Gasteiger partial charge in [-0.1, -0.05) is 25.1 Å². The number of hydrogen-bond acceptors (Lipinski definition) is 1. The van der Waals surface area contributed by atoms with Crippen molar-refractivity contribution in [2.75, 3.05) is 0 Å². The smallest absolute Gasteiger partial charge is 0.257 e. The van der Waals surface area contributed by atoms with Crippen LogP contribution in [0.3, 0.4) is 0 Å². The second kappa shape index (κ2) is 5.91. The lowest BCUT2D eigenvalue weighted by atomic mass is 9.59. The summed E-state index contributed by atoms with van der Waals surface area (Å²) >= 11 is 3.21. The molecule has 2 aliphatic rings. The predicted octanol–water partition coefficient (Wildman–Crippen LogP) is 6.92. The van der Waals surface area contributed by atoms with Gasteiger partial charge in [0.2, 0.25) is 0 Å². The van der Waals surface area contributed by atoms with Crippen LogP contribution in [0.5, 0.6) is 0 Å². The van der Waals surface area contributed by atoms with Crippen molar-refractivity contribution in [3.63, 3.8) is 0 Å². The minimum absolute atomic E-state index is 0.310. The Labute approximate surface area is 157 Å². The zero-order valence-electron chi connectivity index (χ0n) is 14.0. The van der Waals surface area contributed by atoms with Gasteiger partial charge in [-0.2, -0.15) is 13.2 Å². The molecule has 2 bridgehead atoms. The molecule has 0 saturated heterocycles. The van der Waals surface area contributed by atoms with Crippen molar-refractivity contribution in [3.8, 4) is 0 Å². The van der Waals surface area contributed by atoms with Crippen molar-refractivity contribution in [1.29, 1.82) is 0 Å². The lowest BCUT2D eigenvalue weighted by Gasteiger charge is -2.46. The first kappa shape index (κ1) is 17.7. The molecule has 4 rings (SSSR count). The fraction of sp³-hybridized carbons (Fsp3) is 0.350. The van der Waals surface area contributed by atoms with Gasteiger partial charge in [0, 0.05) is 17.2 Å². The molecule has 0 aromatic heterocycles. The molecule has 1 nitrogen and oxygen atoms in total. The van der Waals surface area contributed by atoms with Gasteiger partial charge in [0.25, 0.3) is 0 Å². The van der Waals surface area contributed by atoms with E-state index in [0.29, 0.717) is 35.0 Å². The van der Waals surface area contributed by atoms with Gasteiger partial charge in [-0.05, 0) is 64.4 Å². The van der Waals surface area contributed by atoms with Crippen LogP contribution >= 0.6 is 15.9 Å². The molecule has 6 heteroatoms. The highest BCUT2D eigenvalue weighted by Gasteiger charge is 2.47. The fourth-order valence-electron chi connectivity index (χ4n) is 4.46. The monoisotopic (exact) mass is 425 g/mol. The molecule has 0 spiro atoms. The predicted molar refractivity (Wildman–Crippen MR) is 96.6 cm³/mol. The maximum atomic E-state index is 14.0. The van der Waals surface area contributed by atoms with Crippen LogP contribution in [-0.2, 0) is 11.6 Å². The van der Waals surface area contributed by atoms with Crippen LogP contribution in [0.25, 0.3) is 0 Å². The number of nitrogens with zero attached hydrogens (tertiary/aromatic N) is 1. The van der Waals surface area contributed by atoms with E-state index in [1.165, 1.54) is 12.1 Å². The number of alkyl halides is 3. The van der Waals surface area contributed by atoms with Crippen LogP contribution in [0.15, 0.2) is 45.9 Å². The number of hydrogen-bond donors (Lipinski definition) is 0. The summed E-state index contributed by atoms with van der Waals surface area (Å²) in [5, 5.41) is 0. The van der Waals surface area contributed by atoms with Gasteiger partial charge in [0.1, 0.15) is 5.82 Å². The molecule has 2 aromatic carbocycles. The molecule has 1 aliphatic heterocycles. The number of rotatable bonds is 1. The van der Waals surface area contributed by atoms with Crippen LogP contribution in [0, 0.1) is 5.82 Å². The van der Waals surface area contributed by atoms with Crippen molar-refractivity contribution in [2.45, 2.75) is 43.7 Å². The summed E-state index contributed by atoms with van der Waals surface area (Å²) in [7, 11) is 0. The van der Waals surface area contributed by atoms with E-state index in [4.69, 9.17) is 0 Å². The normalized spacial score (nSPS) is 24.8. The van der Waals surface area contributed by atoms with E-state index in [-0.39, 0.29) is 5.92 Å². The quantitative estimate of drug-likeness (QED) is 0.439. The zero-order valence-corrected chi connectivity index (χ0v) is 15.6. The molecule has 1 saturated carbocycles.